The van der Waals surface area contributed by atoms with E-state index in [2.05, 4.69) is 10.3 Å². The molecule has 0 aliphatic carbocycles. The Morgan fingerprint density at radius 2 is 2.11 bits per heavy atom. The van der Waals surface area contributed by atoms with Gasteiger partial charge >= 0.3 is 6.18 Å². The third kappa shape index (κ3) is 4.13. The molecule has 0 radical (unpaired) electrons. The summed E-state index contributed by atoms with van der Waals surface area (Å²) < 4.78 is 68.1. The van der Waals surface area contributed by atoms with Crippen molar-refractivity contribution >= 4 is 22.3 Å². The number of nitrogens with one attached hydrogen (secondary N) is 1. The molecule has 5 rings (SSSR count). The Morgan fingerprint density at radius 1 is 1.32 bits per heavy atom. The molecule has 3 aromatic rings. The van der Waals surface area contributed by atoms with Gasteiger partial charge in [0, 0.05) is 30.7 Å². The zero-order chi connectivity index (χ0) is 26.5. The minimum atomic E-state index is -4.48. The highest BCUT2D eigenvalue weighted by Crippen LogP contribution is 2.46. The number of rotatable bonds is 5. The predicted molar refractivity (Wildman–Crippen MR) is 127 cm³/mol. The Morgan fingerprint density at radius 3 is 2.78 bits per heavy atom. The van der Waals surface area contributed by atoms with Crippen LogP contribution in [0.5, 0.6) is 5.75 Å². The van der Waals surface area contributed by atoms with Gasteiger partial charge < -0.3 is 25.1 Å². The van der Waals surface area contributed by atoms with E-state index in [1.807, 2.05) is 6.07 Å². The van der Waals surface area contributed by atoms with Gasteiger partial charge in [-0.3, -0.25) is 9.78 Å². The van der Waals surface area contributed by atoms with E-state index in [1.54, 1.807) is 4.57 Å². The van der Waals surface area contributed by atoms with Gasteiger partial charge in [-0.15, -0.1) is 0 Å². The molecule has 8 nitrogen and oxygen atoms in total. The van der Waals surface area contributed by atoms with Crippen molar-refractivity contribution in [1.29, 1.82) is 5.26 Å². The molecule has 0 bridgehead atoms. The summed E-state index contributed by atoms with van der Waals surface area (Å²) in [6, 6.07) is 3.85. The molecule has 2 aliphatic rings. The SMILES string of the molecule is Cc1cc(C(F)(F)F)cc(CCCNc2c(F)c(N)c3c(=O)c(C#N)cn4c3c2OCC42CCOC2)n1. The van der Waals surface area contributed by atoms with E-state index in [4.69, 9.17) is 15.2 Å². The highest BCUT2D eigenvalue weighted by Gasteiger charge is 2.43. The van der Waals surface area contributed by atoms with Crippen molar-refractivity contribution in [3.8, 4) is 11.8 Å². The summed E-state index contributed by atoms with van der Waals surface area (Å²) in [7, 11) is 0. The molecule has 37 heavy (non-hydrogen) atoms. The van der Waals surface area contributed by atoms with Gasteiger partial charge in [0.25, 0.3) is 0 Å². The van der Waals surface area contributed by atoms with Crippen LogP contribution in [0.4, 0.5) is 28.9 Å². The first kappa shape index (κ1) is 24.8. The van der Waals surface area contributed by atoms with Gasteiger partial charge in [-0.2, -0.15) is 18.4 Å². The van der Waals surface area contributed by atoms with Crippen LogP contribution in [0.1, 0.15) is 35.4 Å². The zero-order valence-corrected chi connectivity index (χ0v) is 19.8. The van der Waals surface area contributed by atoms with Gasteiger partial charge in [0.05, 0.1) is 28.8 Å². The first-order valence-corrected chi connectivity index (χ1v) is 11.7. The van der Waals surface area contributed by atoms with Crippen molar-refractivity contribution in [2.75, 3.05) is 37.4 Å². The Hall–Kier alpha value is -3.85. The number of pyridine rings is 2. The number of nitriles is 1. The van der Waals surface area contributed by atoms with Gasteiger partial charge in [-0.1, -0.05) is 0 Å². The molecule has 194 valence electrons. The fourth-order valence-electron chi connectivity index (χ4n) is 4.99. The number of ether oxygens (including phenoxy) is 2. The van der Waals surface area contributed by atoms with Gasteiger partial charge in [0.1, 0.15) is 29.5 Å². The van der Waals surface area contributed by atoms with Crippen molar-refractivity contribution < 1.29 is 27.0 Å². The maximum absolute atomic E-state index is 15.4. The molecule has 1 fully saturated rings. The molecule has 1 aromatic carbocycles. The standard InChI is InChI=1S/C25H23F4N5O3/c1-13-7-15(25(27,28)29)8-16(33-13)3-2-5-32-20-18(26)19(31)17-21-23(20)37-12-24(4-6-36-11-24)34(21)10-14(9-30)22(17)35/h7-8,10,32H,2-6,11-12,31H2,1H3. The van der Waals surface area contributed by atoms with Gasteiger partial charge in [0.2, 0.25) is 5.43 Å². The van der Waals surface area contributed by atoms with Gasteiger partial charge in [-0.05, 0) is 38.3 Å². The molecule has 3 N–H and O–H groups in total. The lowest BCUT2D eigenvalue weighted by molar-refractivity contribution is -0.137. The molecule has 1 spiro atoms. The van der Waals surface area contributed by atoms with Crippen LogP contribution < -0.4 is 21.2 Å². The Labute approximate surface area is 208 Å². The minimum absolute atomic E-state index is 0.0511. The zero-order valence-electron chi connectivity index (χ0n) is 19.8. The Balaban J connectivity index is 1.48. The number of halogens is 4. The molecule has 0 saturated carbocycles. The third-order valence-corrected chi connectivity index (χ3v) is 6.82. The molecular formula is C25H23F4N5O3. The van der Waals surface area contributed by atoms with Crippen molar-refractivity contribution in [3.63, 3.8) is 0 Å². The summed E-state index contributed by atoms with van der Waals surface area (Å²) >= 11 is 0. The van der Waals surface area contributed by atoms with Crippen LogP contribution in [0.25, 0.3) is 10.9 Å². The number of hydrogen-bond donors (Lipinski definition) is 2. The van der Waals surface area contributed by atoms with Gasteiger partial charge in [-0.25, -0.2) is 4.39 Å². The summed E-state index contributed by atoms with van der Waals surface area (Å²) in [5.74, 6) is -0.804. The number of nitrogen functional groups attached to an aromatic ring is 1. The lowest BCUT2D eigenvalue weighted by Crippen LogP contribution is -2.44. The van der Waals surface area contributed by atoms with E-state index in [1.165, 1.54) is 13.1 Å². The number of anilines is 2. The third-order valence-electron chi connectivity index (χ3n) is 6.82. The first-order chi connectivity index (χ1) is 17.6. The smallest absolute Gasteiger partial charge is 0.416 e. The maximum Gasteiger partial charge on any atom is 0.416 e. The molecule has 2 aliphatic heterocycles. The highest BCUT2D eigenvalue weighted by molar-refractivity contribution is 6.01. The number of benzene rings is 1. The van der Waals surface area contributed by atoms with Crippen LogP contribution in [0, 0.1) is 24.1 Å². The van der Waals surface area contributed by atoms with Crippen molar-refractivity contribution in [2.24, 2.45) is 0 Å². The summed E-state index contributed by atoms with van der Waals surface area (Å²) in [6.07, 6.45) is -1.92. The van der Waals surface area contributed by atoms with E-state index >= 15 is 4.39 Å². The van der Waals surface area contributed by atoms with Crippen LogP contribution in [0.3, 0.4) is 0 Å². The highest BCUT2D eigenvalue weighted by atomic mass is 19.4. The van der Waals surface area contributed by atoms with E-state index in [9.17, 15) is 23.2 Å². The Kier molecular flexibility index (Phi) is 5.98. The molecule has 1 atom stereocenters. The fraction of sp³-hybridized carbons (Fsp3) is 0.400. The second-order valence-corrected chi connectivity index (χ2v) is 9.34. The molecule has 0 amide bonds. The molecule has 12 heteroatoms. The monoisotopic (exact) mass is 517 g/mol. The first-order valence-electron chi connectivity index (χ1n) is 11.7. The number of fused-ring (bicyclic) bond motifs is 1. The summed E-state index contributed by atoms with van der Waals surface area (Å²) in [6.45, 7) is 2.54. The fourth-order valence-corrected chi connectivity index (χ4v) is 4.99. The van der Waals surface area contributed by atoms with Gasteiger partial charge in [0.15, 0.2) is 11.6 Å². The number of nitrogens with two attached hydrogens (primary N) is 1. The summed E-state index contributed by atoms with van der Waals surface area (Å²) in [5.41, 5.74) is 4.12. The molecule has 2 aromatic heterocycles. The van der Waals surface area contributed by atoms with E-state index in [-0.39, 0.29) is 58.9 Å². The average Bonchev–Trinajstić information content (AvgIpc) is 3.32. The summed E-state index contributed by atoms with van der Waals surface area (Å²) in [4.78, 5) is 17.1. The normalized spacial score (nSPS) is 18.7. The molecular weight excluding hydrogens is 494 g/mol. The topological polar surface area (TPSA) is 115 Å². The van der Waals surface area contributed by atoms with E-state index in [0.717, 1.165) is 12.1 Å². The van der Waals surface area contributed by atoms with Crippen LogP contribution in [-0.2, 0) is 22.9 Å². The largest absolute Gasteiger partial charge is 0.487 e. The van der Waals surface area contributed by atoms with Crippen molar-refractivity contribution in [2.45, 2.75) is 37.9 Å². The number of nitrogens with zero attached hydrogens (tertiary/aromatic N) is 3. The van der Waals surface area contributed by atoms with Crippen LogP contribution >= 0.6 is 0 Å². The molecule has 1 unspecified atom stereocenters. The predicted octanol–water partition coefficient (Wildman–Crippen LogP) is 3.87. The van der Waals surface area contributed by atoms with E-state index < -0.39 is 34.2 Å². The molecule has 1 saturated heterocycles. The number of alkyl halides is 3. The van der Waals surface area contributed by atoms with Crippen molar-refractivity contribution in [3.05, 3.63) is 56.9 Å². The minimum Gasteiger partial charge on any atom is -0.487 e. The average molecular weight is 517 g/mol. The number of hydrogen-bond acceptors (Lipinski definition) is 7. The van der Waals surface area contributed by atoms with Crippen LogP contribution in [-0.4, -0.2) is 35.9 Å². The lowest BCUT2D eigenvalue weighted by atomic mass is 9.94. The Bertz CT molecular complexity index is 1500. The number of aryl methyl sites for hydroxylation is 2. The summed E-state index contributed by atoms with van der Waals surface area (Å²) in [5, 5.41) is 12.3. The molecule has 4 heterocycles. The second-order valence-electron chi connectivity index (χ2n) is 9.34. The quantitative estimate of drug-likeness (QED) is 0.300. The van der Waals surface area contributed by atoms with E-state index in [0.29, 0.717) is 26.1 Å². The van der Waals surface area contributed by atoms with Crippen LogP contribution in [0.2, 0.25) is 0 Å². The van der Waals surface area contributed by atoms with Crippen molar-refractivity contribution in [1.82, 2.24) is 9.55 Å². The lowest BCUT2D eigenvalue weighted by Gasteiger charge is -2.37. The number of aromatic nitrogens is 2. The second kappa shape index (κ2) is 8.92. The maximum atomic E-state index is 15.4. The van der Waals surface area contributed by atoms with Crippen LogP contribution in [0.15, 0.2) is 23.1 Å².